The lowest BCUT2D eigenvalue weighted by Crippen LogP contribution is -2.58. The van der Waals surface area contributed by atoms with E-state index in [0.717, 1.165) is 6.04 Å². The molecule has 0 radical (unpaired) electrons. The van der Waals surface area contributed by atoms with Gasteiger partial charge in [0.05, 0.1) is 25.7 Å². The summed E-state index contributed by atoms with van der Waals surface area (Å²) >= 11 is 0. The Morgan fingerprint density at radius 3 is 2.44 bits per heavy atom. The van der Waals surface area contributed by atoms with Crippen LogP contribution in [0.15, 0.2) is 12.2 Å². The average Bonchev–Trinajstić information content (AvgIpc) is 2.29. The summed E-state index contributed by atoms with van der Waals surface area (Å²) in [5.74, 6) is 0. The molecule has 1 saturated heterocycles. The van der Waals surface area contributed by atoms with Gasteiger partial charge in [-0.1, -0.05) is 12.2 Å². The number of hydrogen-bond acceptors (Lipinski definition) is 0. The molecule has 0 saturated carbocycles. The summed E-state index contributed by atoms with van der Waals surface area (Å²) in [5.41, 5.74) is 0. The first-order valence-corrected chi connectivity index (χ1v) is 7.38. The van der Waals surface area contributed by atoms with E-state index in [1.54, 1.807) is 0 Å². The molecule has 1 heterocycles. The number of hydrogen-bond donors (Lipinski definition) is 0. The molecule has 92 valence electrons. The van der Waals surface area contributed by atoms with E-state index in [2.05, 4.69) is 19.1 Å². The molecule has 0 amide bonds. The lowest BCUT2D eigenvalue weighted by Gasteiger charge is -2.47. The zero-order valence-electron chi connectivity index (χ0n) is 11.0. The average molecular weight is 222 g/mol. The lowest BCUT2D eigenvalue weighted by atomic mass is 9.94. The Hall–Kier alpha value is -0.300. The number of rotatable bonds is 2. The number of nitrogens with zero attached hydrogens (tertiary/aromatic N) is 1. The third-order valence-electron chi connectivity index (χ3n) is 4.85. The maximum absolute atomic E-state index is 2.42. The van der Waals surface area contributed by atoms with E-state index in [9.17, 15) is 0 Å². The Bertz CT molecular complexity index is 226. The second kappa shape index (κ2) is 5.86. The van der Waals surface area contributed by atoms with Gasteiger partial charge in [-0.3, -0.25) is 0 Å². The zero-order valence-corrected chi connectivity index (χ0v) is 11.0. The van der Waals surface area contributed by atoms with Gasteiger partial charge in [0, 0.05) is 6.42 Å². The standard InChI is InChI=1S/C15H28N/c1-2-16(13-9-6-10-14-16)15-11-7-4-3-5-8-12-15/h3-4,15H,2,5-14H2,1H3/q+1/b4-3-. The number of likely N-dealkylation sites (tertiary alicyclic amines) is 1. The molecule has 1 aliphatic heterocycles. The largest absolute Gasteiger partial charge is 0.321 e. The molecule has 1 fully saturated rings. The summed E-state index contributed by atoms with van der Waals surface area (Å²) in [6, 6.07) is 0.968. The Morgan fingerprint density at radius 1 is 0.938 bits per heavy atom. The molecule has 2 rings (SSSR count). The van der Waals surface area contributed by atoms with Crippen molar-refractivity contribution in [3.05, 3.63) is 12.2 Å². The summed E-state index contributed by atoms with van der Waals surface area (Å²) in [6.07, 6.45) is 16.2. The molecule has 0 aromatic rings. The summed E-state index contributed by atoms with van der Waals surface area (Å²) in [7, 11) is 0. The van der Waals surface area contributed by atoms with Crippen LogP contribution in [0.25, 0.3) is 0 Å². The number of allylic oxidation sites excluding steroid dienone is 2. The maximum Gasteiger partial charge on any atom is 0.0893 e. The van der Waals surface area contributed by atoms with Crippen LogP contribution >= 0.6 is 0 Å². The quantitative estimate of drug-likeness (QED) is 0.491. The van der Waals surface area contributed by atoms with Gasteiger partial charge in [-0.2, -0.15) is 0 Å². The van der Waals surface area contributed by atoms with Gasteiger partial charge < -0.3 is 4.48 Å². The van der Waals surface area contributed by atoms with E-state index in [-0.39, 0.29) is 0 Å². The Kier molecular flexibility index (Phi) is 4.45. The van der Waals surface area contributed by atoms with Crippen LogP contribution in [0.1, 0.15) is 58.3 Å². The molecular weight excluding hydrogens is 194 g/mol. The van der Waals surface area contributed by atoms with E-state index in [0.29, 0.717) is 0 Å². The zero-order chi connectivity index (χ0) is 11.3. The van der Waals surface area contributed by atoms with Crippen LogP contribution in [-0.2, 0) is 0 Å². The molecule has 1 nitrogen and oxygen atoms in total. The third kappa shape index (κ3) is 2.68. The number of quaternary nitrogens is 1. The molecule has 1 unspecified atom stereocenters. The Labute approximate surface area is 101 Å². The van der Waals surface area contributed by atoms with Crippen LogP contribution in [0.4, 0.5) is 0 Å². The van der Waals surface area contributed by atoms with Crippen molar-refractivity contribution in [2.45, 2.75) is 64.3 Å². The van der Waals surface area contributed by atoms with E-state index in [1.807, 2.05) is 0 Å². The van der Waals surface area contributed by atoms with E-state index in [1.165, 1.54) is 75.5 Å². The molecule has 0 aromatic heterocycles. The fourth-order valence-corrected chi connectivity index (χ4v) is 3.77. The fourth-order valence-electron chi connectivity index (χ4n) is 3.77. The van der Waals surface area contributed by atoms with Gasteiger partial charge in [0.15, 0.2) is 0 Å². The normalized spacial score (nSPS) is 32.7. The highest BCUT2D eigenvalue weighted by molar-refractivity contribution is 4.85. The van der Waals surface area contributed by atoms with Crippen molar-refractivity contribution in [3.8, 4) is 0 Å². The second-order valence-electron chi connectivity index (χ2n) is 5.68. The minimum atomic E-state index is 0.968. The van der Waals surface area contributed by atoms with Crippen LogP contribution in [-0.4, -0.2) is 30.2 Å². The van der Waals surface area contributed by atoms with Crippen molar-refractivity contribution >= 4 is 0 Å². The van der Waals surface area contributed by atoms with Crippen molar-refractivity contribution < 1.29 is 4.48 Å². The van der Waals surface area contributed by atoms with E-state index in [4.69, 9.17) is 0 Å². The molecule has 2 aliphatic rings. The first-order valence-electron chi connectivity index (χ1n) is 7.38. The monoisotopic (exact) mass is 222 g/mol. The van der Waals surface area contributed by atoms with Crippen molar-refractivity contribution in [1.82, 2.24) is 0 Å². The van der Waals surface area contributed by atoms with Crippen molar-refractivity contribution in [2.24, 2.45) is 0 Å². The maximum atomic E-state index is 2.42. The highest BCUT2D eigenvalue weighted by atomic mass is 15.4. The molecule has 0 N–H and O–H groups in total. The predicted octanol–water partition coefficient (Wildman–Crippen LogP) is 3.90. The molecule has 0 spiro atoms. The molecular formula is C15H28N+. The molecule has 16 heavy (non-hydrogen) atoms. The molecule has 1 aliphatic carbocycles. The van der Waals surface area contributed by atoms with Crippen LogP contribution in [0.5, 0.6) is 0 Å². The Morgan fingerprint density at radius 2 is 1.69 bits per heavy atom. The van der Waals surface area contributed by atoms with Gasteiger partial charge in [0.2, 0.25) is 0 Å². The topological polar surface area (TPSA) is 0 Å². The SMILES string of the molecule is CC[N+]1(C2CC/C=C\CCC2)CCCCC1. The van der Waals surface area contributed by atoms with Crippen LogP contribution in [0, 0.1) is 0 Å². The summed E-state index contributed by atoms with van der Waals surface area (Å²) in [5, 5.41) is 0. The van der Waals surface area contributed by atoms with Crippen molar-refractivity contribution in [3.63, 3.8) is 0 Å². The lowest BCUT2D eigenvalue weighted by molar-refractivity contribution is -0.954. The van der Waals surface area contributed by atoms with Gasteiger partial charge in [-0.25, -0.2) is 0 Å². The summed E-state index contributed by atoms with van der Waals surface area (Å²) < 4.78 is 1.45. The highest BCUT2D eigenvalue weighted by Gasteiger charge is 2.35. The Balaban J connectivity index is 2.03. The summed E-state index contributed by atoms with van der Waals surface area (Å²) in [6.45, 7) is 6.71. The van der Waals surface area contributed by atoms with Gasteiger partial charge in [-0.15, -0.1) is 0 Å². The van der Waals surface area contributed by atoms with Gasteiger partial charge in [0.1, 0.15) is 0 Å². The summed E-state index contributed by atoms with van der Waals surface area (Å²) in [4.78, 5) is 0. The van der Waals surface area contributed by atoms with Crippen molar-refractivity contribution in [2.75, 3.05) is 19.6 Å². The highest BCUT2D eigenvalue weighted by Crippen LogP contribution is 2.29. The molecule has 0 aromatic carbocycles. The molecule has 1 atom stereocenters. The smallest absolute Gasteiger partial charge is 0.0893 e. The third-order valence-corrected chi connectivity index (χ3v) is 4.85. The second-order valence-corrected chi connectivity index (χ2v) is 5.68. The predicted molar refractivity (Wildman–Crippen MR) is 70.4 cm³/mol. The number of piperidine rings is 1. The van der Waals surface area contributed by atoms with Crippen LogP contribution in [0.2, 0.25) is 0 Å². The van der Waals surface area contributed by atoms with Gasteiger partial charge in [-0.05, 0) is 51.9 Å². The van der Waals surface area contributed by atoms with E-state index >= 15 is 0 Å². The van der Waals surface area contributed by atoms with Crippen LogP contribution in [0.3, 0.4) is 0 Å². The minimum absolute atomic E-state index is 0.968. The fraction of sp³-hybridized carbons (Fsp3) is 0.867. The van der Waals surface area contributed by atoms with Crippen molar-refractivity contribution in [1.29, 1.82) is 0 Å². The first-order chi connectivity index (χ1) is 7.87. The first kappa shape index (κ1) is 12.2. The molecule has 0 bridgehead atoms. The van der Waals surface area contributed by atoms with Crippen LogP contribution < -0.4 is 0 Å². The van der Waals surface area contributed by atoms with E-state index < -0.39 is 0 Å². The molecule has 1 heteroatoms. The minimum Gasteiger partial charge on any atom is -0.321 e. The van der Waals surface area contributed by atoms with Gasteiger partial charge >= 0.3 is 0 Å². The van der Waals surface area contributed by atoms with Gasteiger partial charge in [0.25, 0.3) is 0 Å².